The van der Waals surface area contributed by atoms with Gasteiger partial charge < -0.3 is 19.7 Å². The van der Waals surface area contributed by atoms with Crippen molar-refractivity contribution in [2.24, 2.45) is 0 Å². The minimum Gasteiger partial charge on any atom is -0.493 e. The minimum absolute atomic E-state index is 0.0688. The summed E-state index contributed by atoms with van der Waals surface area (Å²) in [6, 6.07) is 19.7. The summed E-state index contributed by atoms with van der Waals surface area (Å²) < 4.78 is 40.0. The van der Waals surface area contributed by atoms with Crippen LogP contribution in [-0.4, -0.2) is 57.5 Å². The molecule has 3 rings (SSSR count). The molecule has 0 saturated heterocycles. The summed E-state index contributed by atoms with van der Waals surface area (Å²) in [6.07, 6.45) is 0.341. The van der Waals surface area contributed by atoms with Crippen LogP contribution in [0.5, 0.6) is 11.5 Å². The predicted molar refractivity (Wildman–Crippen MR) is 164 cm³/mol. The Kier molecular flexibility index (Phi) is 10.6. The van der Waals surface area contributed by atoms with E-state index in [0.717, 1.165) is 15.4 Å². The topological polar surface area (TPSA) is 105 Å². The van der Waals surface area contributed by atoms with Crippen LogP contribution in [0.25, 0.3) is 0 Å². The lowest BCUT2D eigenvalue weighted by Gasteiger charge is -2.34. The second kappa shape index (κ2) is 13.7. The number of carbonyl (C=O) groups is 2. The van der Waals surface area contributed by atoms with E-state index in [1.165, 1.54) is 37.3 Å². The molecule has 0 aromatic heterocycles. The van der Waals surface area contributed by atoms with Crippen molar-refractivity contribution in [1.29, 1.82) is 0 Å². The van der Waals surface area contributed by atoms with Crippen LogP contribution in [0.1, 0.15) is 45.2 Å². The molecule has 0 saturated carbocycles. The number of amides is 2. The van der Waals surface area contributed by atoms with E-state index in [2.05, 4.69) is 5.32 Å². The van der Waals surface area contributed by atoms with Crippen molar-refractivity contribution in [2.45, 2.75) is 64.1 Å². The molecule has 0 aliphatic carbocycles. The molecule has 0 aliphatic rings. The highest BCUT2D eigenvalue weighted by Gasteiger charge is 2.35. The number of ether oxygens (including phenoxy) is 2. The average Bonchev–Trinajstić information content (AvgIpc) is 2.95. The Bertz CT molecular complexity index is 1470. The summed E-state index contributed by atoms with van der Waals surface area (Å²) in [5.41, 5.74) is 1.55. The van der Waals surface area contributed by atoms with Crippen molar-refractivity contribution >= 4 is 27.5 Å². The van der Waals surface area contributed by atoms with E-state index in [1.807, 2.05) is 65.0 Å². The molecule has 42 heavy (non-hydrogen) atoms. The lowest BCUT2D eigenvalue weighted by Crippen LogP contribution is -2.55. The Morgan fingerprint density at radius 1 is 0.905 bits per heavy atom. The number of methoxy groups -OCH3 is 2. The van der Waals surface area contributed by atoms with Crippen molar-refractivity contribution < 1.29 is 27.5 Å². The normalized spacial score (nSPS) is 12.3. The first kappa shape index (κ1) is 32.5. The summed E-state index contributed by atoms with van der Waals surface area (Å²) in [6.45, 7) is 8.95. The molecule has 0 bridgehead atoms. The first-order valence-electron chi connectivity index (χ1n) is 13.8. The Balaban J connectivity index is 2.09. The SMILES string of the molecule is CCC(C(=O)NC(C)(C)C)N(Cc1ccccc1)C(=O)CN(c1ccc(C)cc1)S(=O)(=O)c1ccc(OC)c(OC)c1. The van der Waals surface area contributed by atoms with Gasteiger partial charge in [0.15, 0.2) is 11.5 Å². The van der Waals surface area contributed by atoms with E-state index in [-0.39, 0.29) is 23.1 Å². The molecular weight excluding hydrogens is 554 g/mol. The van der Waals surface area contributed by atoms with E-state index in [4.69, 9.17) is 9.47 Å². The molecule has 3 aromatic rings. The number of rotatable bonds is 12. The maximum absolute atomic E-state index is 14.2. The molecule has 1 N–H and O–H groups in total. The molecule has 3 aromatic carbocycles. The van der Waals surface area contributed by atoms with Gasteiger partial charge in [0.1, 0.15) is 12.6 Å². The van der Waals surface area contributed by atoms with E-state index in [1.54, 1.807) is 24.3 Å². The molecule has 10 heteroatoms. The largest absolute Gasteiger partial charge is 0.493 e. The molecule has 1 atom stereocenters. The highest BCUT2D eigenvalue weighted by molar-refractivity contribution is 7.92. The number of benzene rings is 3. The highest BCUT2D eigenvalue weighted by Crippen LogP contribution is 2.32. The summed E-state index contributed by atoms with van der Waals surface area (Å²) in [5, 5.41) is 2.97. The van der Waals surface area contributed by atoms with E-state index in [9.17, 15) is 18.0 Å². The number of hydrogen-bond donors (Lipinski definition) is 1. The van der Waals surface area contributed by atoms with Crippen LogP contribution in [0.2, 0.25) is 0 Å². The minimum atomic E-state index is -4.26. The van der Waals surface area contributed by atoms with Gasteiger partial charge in [0.05, 0.1) is 24.8 Å². The molecule has 1 unspecified atom stereocenters. The molecule has 9 nitrogen and oxygen atoms in total. The molecular formula is C32H41N3O6S. The molecule has 0 aliphatic heterocycles. The summed E-state index contributed by atoms with van der Waals surface area (Å²) in [4.78, 5) is 29.0. The van der Waals surface area contributed by atoms with Gasteiger partial charge in [-0.3, -0.25) is 13.9 Å². The maximum atomic E-state index is 14.2. The number of carbonyl (C=O) groups excluding carboxylic acids is 2. The quantitative estimate of drug-likeness (QED) is 0.318. The number of hydrogen-bond acceptors (Lipinski definition) is 6. The van der Waals surface area contributed by atoms with Crippen LogP contribution < -0.4 is 19.1 Å². The lowest BCUT2D eigenvalue weighted by molar-refractivity contribution is -0.141. The van der Waals surface area contributed by atoms with Gasteiger partial charge in [-0.25, -0.2) is 8.42 Å². The summed E-state index contributed by atoms with van der Waals surface area (Å²) in [5.74, 6) is -0.207. The highest BCUT2D eigenvalue weighted by atomic mass is 32.2. The Hall–Kier alpha value is -4.05. The van der Waals surface area contributed by atoms with Crippen LogP contribution in [-0.2, 0) is 26.2 Å². The van der Waals surface area contributed by atoms with Gasteiger partial charge in [-0.2, -0.15) is 0 Å². The van der Waals surface area contributed by atoms with Gasteiger partial charge in [0.25, 0.3) is 10.0 Å². The summed E-state index contributed by atoms with van der Waals surface area (Å²) in [7, 11) is -1.37. The van der Waals surface area contributed by atoms with Crippen LogP contribution >= 0.6 is 0 Å². The van der Waals surface area contributed by atoms with Gasteiger partial charge in [-0.15, -0.1) is 0 Å². The van der Waals surface area contributed by atoms with Crippen LogP contribution in [0, 0.1) is 6.92 Å². The zero-order chi connectivity index (χ0) is 31.1. The van der Waals surface area contributed by atoms with Crippen molar-refractivity contribution in [1.82, 2.24) is 10.2 Å². The third-order valence-electron chi connectivity index (χ3n) is 6.62. The van der Waals surface area contributed by atoms with E-state index < -0.39 is 34.1 Å². The molecule has 2 amide bonds. The second-order valence-electron chi connectivity index (χ2n) is 11.0. The zero-order valence-electron chi connectivity index (χ0n) is 25.4. The molecule has 0 fully saturated rings. The third kappa shape index (κ3) is 8.03. The fraction of sp³-hybridized carbons (Fsp3) is 0.375. The van der Waals surface area contributed by atoms with Gasteiger partial charge in [-0.05, 0) is 63.9 Å². The Labute approximate surface area is 249 Å². The van der Waals surface area contributed by atoms with Gasteiger partial charge >= 0.3 is 0 Å². The number of sulfonamides is 1. The number of nitrogens with zero attached hydrogens (tertiary/aromatic N) is 2. The standard InChI is InChI=1S/C32H41N3O6S/c1-8-27(31(37)33-32(3,4)5)34(21-24-12-10-9-11-13-24)30(36)22-35(25-16-14-23(2)15-17-25)42(38,39)26-18-19-28(40-6)29(20-26)41-7/h9-20,27H,8,21-22H2,1-7H3,(H,33,37). The molecule has 226 valence electrons. The van der Waals surface area contributed by atoms with Crippen LogP contribution in [0.15, 0.2) is 77.7 Å². The van der Waals surface area contributed by atoms with E-state index in [0.29, 0.717) is 17.9 Å². The number of nitrogens with one attached hydrogen (secondary N) is 1. The van der Waals surface area contributed by atoms with Crippen molar-refractivity contribution in [3.8, 4) is 11.5 Å². The fourth-order valence-electron chi connectivity index (χ4n) is 4.50. The lowest BCUT2D eigenvalue weighted by atomic mass is 10.1. The predicted octanol–water partition coefficient (Wildman–Crippen LogP) is 4.93. The number of anilines is 1. The first-order valence-corrected chi connectivity index (χ1v) is 15.2. The Morgan fingerprint density at radius 2 is 1.52 bits per heavy atom. The van der Waals surface area contributed by atoms with Crippen molar-refractivity contribution in [3.63, 3.8) is 0 Å². The fourth-order valence-corrected chi connectivity index (χ4v) is 5.93. The van der Waals surface area contributed by atoms with E-state index >= 15 is 0 Å². The van der Waals surface area contributed by atoms with Crippen molar-refractivity contribution in [3.05, 3.63) is 83.9 Å². The molecule has 0 spiro atoms. The third-order valence-corrected chi connectivity index (χ3v) is 8.39. The van der Waals surface area contributed by atoms with Gasteiger partial charge in [-0.1, -0.05) is 55.0 Å². The zero-order valence-corrected chi connectivity index (χ0v) is 26.2. The van der Waals surface area contributed by atoms with Gasteiger partial charge in [0, 0.05) is 18.2 Å². The van der Waals surface area contributed by atoms with Gasteiger partial charge in [0.2, 0.25) is 11.8 Å². The van der Waals surface area contributed by atoms with Crippen LogP contribution in [0.3, 0.4) is 0 Å². The maximum Gasteiger partial charge on any atom is 0.264 e. The smallest absolute Gasteiger partial charge is 0.264 e. The second-order valence-corrected chi connectivity index (χ2v) is 12.9. The number of aryl methyl sites for hydroxylation is 1. The van der Waals surface area contributed by atoms with Crippen molar-refractivity contribution in [2.75, 3.05) is 25.1 Å². The first-order chi connectivity index (χ1) is 19.8. The average molecular weight is 596 g/mol. The summed E-state index contributed by atoms with van der Waals surface area (Å²) >= 11 is 0. The van der Waals surface area contributed by atoms with Crippen LogP contribution in [0.4, 0.5) is 5.69 Å². The Morgan fingerprint density at radius 3 is 2.07 bits per heavy atom. The monoisotopic (exact) mass is 595 g/mol. The molecule has 0 radical (unpaired) electrons. The molecule has 0 heterocycles.